The van der Waals surface area contributed by atoms with E-state index in [1.807, 2.05) is 13.8 Å². The average Bonchev–Trinajstić information content (AvgIpc) is 1.62. The third-order valence-electron chi connectivity index (χ3n) is 25.0. The minimum atomic E-state index is -3.29. The van der Waals surface area contributed by atoms with Gasteiger partial charge in [-0.2, -0.15) is 6.42 Å². The molecule has 534 valence electrons. The van der Waals surface area contributed by atoms with E-state index >= 15 is 0 Å². The van der Waals surface area contributed by atoms with E-state index in [2.05, 4.69) is 198 Å². The van der Waals surface area contributed by atoms with Gasteiger partial charge in [0.1, 0.15) is 0 Å². The molecule has 0 bridgehead atoms. The Morgan fingerprint density at radius 2 is 0.673 bits per heavy atom. The van der Waals surface area contributed by atoms with Gasteiger partial charge in [0.15, 0.2) is 0 Å². The Kier molecular flexibility index (Phi) is 55.0. The number of benzene rings is 4. The second-order valence-electron chi connectivity index (χ2n) is 29.5. The number of allylic oxidation sites excluding steroid dienone is 1. The van der Waals surface area contributed by atoms with Crippen LogP contribution in [0.25, 0.3) is 6.08 Å². The topological polar surface area (TPSA) is 0 Å². The summed E-state index contributed by atoms with van der Waals surface area (Å²) in [6.07, 6.45) is 56.0. The van der Waals surface area contributed by atoms with E-state index < -0.39 is 36.3 Å². The smallest absolute Gasteiger partial charge is 0.0620 e. The van der Waals surface area contributed by atoms with Crippen LogP contribution in [0.15, 0.2) is 103 Å². The monoisotopic (exact) mass is 2150 g/mol. The summed E-state index contributed by atoms with van der Waals surface area (Å²) in [7, 11) is 30.0. The van der Waals surface area contributed by atoms with Crippen molar-refractivity contribution in [1.82, 2.24) is 0 Å². The first-order valence-corrected chi connectivity index (χ1v) is 75.3. The van der Waals surface area contributed by atoms with Crippen molar-refractivity contribution in [2.75, 3.05) is 0 Å². The van der Waals surface area contributed by atoms with Gasteiger partial charge >= 0.3 is 194 Å². The summed E-state index contributed by atoms with van der Waals surface area (Å²) in [6.45, 7) is 9.72. The molecule has 98 heavy (non-hydrogen) atoms. The molecule has 11 aliphatic rings. The predicted molar refractivity (Wildman–Crippen MR) is 446 cm³/mol. The van der Waals surface area contributed by atoms with Crippen LogP contribution < -0.4 is 69.8 Å². The maximum Gasteiger partial charge on any atom is 1.00 e. The van der Waals surface area contributed by atoms with Crippen LogP contribution in [0.2, 0.25) is 0 Å². The third kappa shape index (κ3) is 30.5. The molecule has 0 amide bonds. The van der Waals surface area contributed by atoms with Gasteiger partial charge in [-0.15, -0.1) is 0 Å². The summed E-state index contributed by atoms with van der Waals surface area (Å²) in [5.41, 5.74) is 13.2. The molecule has 0 nitrogen and oxygen atoms in total. The van der Waals surface area contributed by atoms with E-state index in [-0.39, 0.29) is 64.0 Å². The average molecular weight is 2150 g/mol. The standard InChI is InChI=1S/2C25H36.C25H28.C4H9.C2H6.CH3.6ClH.I3.I2.3Li.2Zr/c3*1-4-10-22-18(7-1)13-14-21(22)17-20-9-3-6-12-24(20)25-16-15-19-8-2-5-11-23(19)25;1-3-4-2;1-2;;;;;;;;1-3-2;1-2;;;;;/h2*3,6,9,12,18-19,21-23,25H,1-2,4-5,7-8,10-11,13-17H2;1,3-4,6-7,9-10,12-14,19,21,23,25H,2,5,8,11,15-17H2;1,3-4H2,2H3;1-2H3;1H3;6*1H;;;;;;;/q;;;-1;;-1;;;;;;;-1;;3*+1;+2;+4/p-6. The van der Waals surface area contributed by atoms with Crippen LogP contribution in [0.1, 0.15) is 294 Å². The summed E-state index contributed by atoms with van der Waals surface area (Å²) >= 11 is 5.42. The minimum Gasteiger partial charge on any atom is -0.0620 e. The minimum absolute atomic E-state index is 0. The zero-order chi connectivity index (χ0) is 67.2. The summed E-state index contributed by atoms with van der Waals surface area (Å²) in [4.78, 5) is 0. The van der Waals surface area contributed by atoms with Crippen molar-refractivity contribution < 1.29 is 106 Å². The van der Waals surface area contributed by atoms with Crippen molar-refractivity contribution in [3.8, 4) is 0 Å². The largest absolute Gasteiger partial charge is 1.00 e. The molecule has 16 atom stereocenters. The van der Waals surface area contributed by atoms with E-state index in [1.165, 1.54) is 223 Å². The van der Waals surface area contributed by atoms with Crippen LogP contribution >= 0.6 is 126 Å². The predicted octanol–water partition coefficient (Wildman–Crippen LogP) is 19.8. The Hall–Kier alpha value is 5.57. The van der Waals surface area contributed by atoms with Crippen molar-refractivity contribution in [2.24, 2.45) is 71.0 Å². The number of hydrogen-bond donors (Lipinski definition) is 0. The van der Waals surface area contributed by atoms with Crippen LogP contribution in [0.3, 0.4) is 0 Å². The first-order chi connectivity index (χ1) is 45.9. The molecule has 11 aliphatic carbocycles. The van der Waals surface area contributed by atoms with Gasteiger partial charge < -0.3 is 14.4 Å². The zero-order valence-electron chi connectivity index (χ0n) is 61.2. The molecule has 4 aromatic carbocycles. The molecule has 0 heterocycles. The molecular formula is C82H118Cl6I5Li3Zr2. The van der Waals surface area contributed by atoms with Crippen LogP contribution in [0.4, 0.5) is 0 Å². The summed E-state index contributed by atoms with van der Waals surface area (Å²) in [5.74, 6) is 15.6. The van der Waals surface area contributed by atoms with Crippen molar-refractivity contribution >= 4 is 132 Å². The number of fused-ring (bicyclic) bond motifs is 6. The Labute approximate surface area is 727 Å². The number of hydrogen-bond acceptors (Lipinski definition) is 0. The van der Waals surface area contributed by atoms with Gasteiger partial charge in [-0.3, -0.25) is 0 Å². The van der Waals surface area contributed by atoms with Gasteiger partial charge in [-0.05, 0) is 249 Å². The summed E-state index contributed by atoms with van der Waals surface area (Å²) < 4.78 is 0. The number of rotatable bonds is 10. The first-order valence-electron chi connectivity index (χ1n) is 37.5. The maximum atomic E-state index is 5.04. The van der Waals surface area contributed by atoms with Crippen LogP contribution in [0, 0.1) is 85.4 Å². The molecule has 4 aromatic rings. The summed E-state index contributed by atoms with van der Waals surface area (Å²) in [6, 6.07) is 37.6. The summed E-state index contributed by atoms with van der Waals surface area (Å²) in [5, 5.41) is 0. The van der Waals surface area contributed by atoms with Gasteiger partial charge in [-0.1, -0.05) is 233 Å². The number of unbranched alkanes of at least 4 members (excludes halogenated alkanes) is 1. The van der Waals surface area contributed by atoms with Gasteiger partial charge in [0.2, 0.25) is 0 Å². The molecule has 0 spiro atoms. The zero-order valence-corrected chi connectivity index (χ0v) is 81.5. The van der Waals surface area contributed by atoms with Crippen molar-refractivity contribution in [2.45, 2.75) is 269 Å². The van der Waals surface area contributed by atoms with E-state index in [9.17, 15) is 0 Å². The molecule has 0 radical (unpaired) electrons. The van der Waals surface area contributed by atoms with Crippen LogP contribution in [-0.4, -0.2) is 0 Å². The van der Waals surface area contributed by atoms with E-state index in [4.69, 9.17) is 51.1 Å². The van der Waals surface area contributed by atoms with E-state index in [0.717, 1.165) is 102 Å². The molecular weight excluding hydrogens is 2040 g/mol. The molecule has 10 saturated carbocycles. The molecule has 0 aromatic heterocycles. The van der Waals surface area contributed by atoms with Crippen molar-refractivity contribution in [1.29, 1.82) is 0 Å². The third-order valence-corrected chi connectivity index (χ3v) is 25.0. The van der Waals surface area contributed by atoms with Gasteiger partial charge in [0.25, 0.3) is 0 Å². The SMILES string of the molecule is C1=CC(Cc2ccccc2C2CCC3CCCCC32)c2ccccc21.CC.II.I[I-]I.[CH2-]CCC.[CH3-].[Cl][Zr]([Cl])([Cl])[Cl].[Cl][Zr][Cl].[Li+].[Li+].[Li+].c1ccc(C2CCC3CCCCC32)c(CC2CCC3CCCCC32)c1.c1ccc(C2CCC3CCCCC32)c(CC2CCC3CCCCC32)c1. The van der Waals surface area contributed by atoms with Crippen LogP contribution in [0.5, 0.6) is 0 Å². The van der Waals surface area contributed by atoms with Gasteiger partial charge in [0, 0.05) is 43.1 Å². The normalized spacial score (nSPS) is 29.9. The Balaban J connectivity index is 0.000000332. The van der Waals surface area contributed by atoms with Crippen LogP contribution in [-0.2, 0) is 55.6 Å². The molecule has 16 heteroatoms. The van der Waals surface area contributed by atoms with E-state index in [0.29, 0.717) is 19.2 Å². The first kappa shape index (κ1) is 97.8. The number of halogens is 11. The molecule has 10 fully saturated rings. The fourth-order valence-corrected chi connectivity index (χ4v) is 21.1. The van der Waals surface area contributed by atoms with Gasteiger partial charge in [-0.25, -0.2) is 0 Å². The molecule has 15 rings (SSSR count). The van der Waals surface area contributed by atoms with E-state index in [1.54, 1.807) is 33.4 Å². The Bertz CT molecular complexity index is 2650. The second kappa shape index (κ2) is 55.1. The van der Waals surface area contributed by atoms with Crippen molar-refractivity contribution in [3.05, 3.63) is 162 Å². The molecule has 0 saturated heterocycles. The fourth-order valence-electron chi connectivity index (χ4n) is 21.1. The Morgan fingerprint density at radius 3 is 1.00 bits per heavy atom. The second-order valence-corrected chi connectivity index (χ2v) is 71.8. The quantitative estimate of drug-likeness (QED) is 0.0843. The Morgan fingerprint density at radius 1 is 0.418 bits per heavy atom. The molecule has 16 unspecified atom stereocenters. The fraction of sp³-hybridized carbons (Fsp3) is 0.659. The molecule has 0 N–H and O–H groups in total. The van der Waals surface area contributed by atoms with Crippen molar-refractivity contribution in [3.63, 3.8) is 0 Å². The maximum absolute atomic E-state index is 5.04. The molecule has 0 aliphatic heterocycles. The van der Waals surface area contributed by atoms with Gasteiger partial charge in [0.05, 0.1) is 0 Å².